The van der Waals surface area contributed by atoms with Gasteiger partial charge < -0.3 is 15.4 Å². The molecule has 0 aliphatic heterocycles. The van der Waals surface area contributed by atoms with Crippen molar-refractivity contribution in [2.24, 2.45) is 4.99 Å². The highest BCUT2D eigenvalue weighted by atomic mass is 127. The Balaban J connectivity index is 0.00000441. The zero-order chi connectivity index (χ0) is 15.7. The fourth-order valence-corrected chi connectivity index (χ4v) is 1.65. The Bertz CT molecular complexity index is 458. The summed E-state index contributed by atoms with van der Waals surface area (Å²) in [5.74, 6) is 0.865. The lowest BCUT2D eigenvalue weighted by molar-refractivity contribution is -0.0498. The number of hydrogen-bond acceptors (Lipinski definition) is 2. The molecule has 0 bridgehead atoms. The summed E-state index contributed by atoms with van der Waals surface area (Å²) in [4.78, 5) is 4.44. The highest BCUT2D eigenvalue weighted by Crippen LogP contribution is 2.16. The zero-order valence-corrected chi connectivity index (χ0v) is 15.4. The zero-order valence-electron chi connectivity index (χ0n) is 13.1. The molecule has 7 heteroatoms. The molecule has 4 nitrogen and oxygen atoms in total. The van der Waals surface area contributed by atoms with Crippen molar-refractivity contribution in [3.8, 4) is 5.75 Å². The molecule has 0 saturated carbocycles. The van der Waals surface area contributed by atoms with Gasteiger partial charge in [-0.15, -0.1) is 24.0 Å². The first-order chi connectivity index (χ1) is 10.0. The number of guanidine groups is 1. The molecule has 0 amide bonds. The number of benzene rings is 1. The van der Waals surface area contributed by atoms with Gasteiger partial charge in [-0.25, -0.2) is 4.99 Å². The summed E-state index contributed by atoms with van der Waals surface area (Å²) in [7, 11) is 0. The van der Waals surface area contributed by atoms with Gasteiger partial charge in [0.1, 0.15) is 5.75 Å². The van der Waals surface area contributed by atoms with Crippen LogP contribution in [0.4, 0.5) is 8.78 Å². The first-order valence-corrected chi connectivity index (χ1v) is 7.13. The topological polar surface area (TPSA) is 45.7 Å². The SMILES string of the molecule is CCNC(=NCc1cccc(OC(F)F)c1)NC(C)CC.I. The van der Waals surface area contributed by atoms with Crippen LogP contribution in [0.15, 0.2) is 29.3 Å². The second kappa shape index (κ2) is 11.4. The standard InChI is InChI=1S/C15H23F2N3O.HI/c1-4-11(3)20-15(18-5-2)19-10-12-7-6-8-13(9-12)21-14(16)17;/h6-9,11,14H,4-5,10H2,1-3H3,(H2,18,19,20);1H. The maximum absolute atomic E-state index is 12.2. The Hall–Kier alpha value is -1.12. The maximum Gasteiger partial charge on any atom is 0.387 e. The van der Waals surface area contributed by atoms with Crippen LogP contribution in [0, 0.1) is 0 Å². The summed E-state index contributed by atoms with van der Waals surface area (Å²) < 4.78 is 28.7. The van der Waals surface area contributed by atoms with E-state index >= 15 is 0 Å². The number of rotatable bonds is 7. The van der Waals surface area contributed by atoms with Gasteiger partial charge in [-0.1, -0.05) is 19.1 Å². The average Bonchev–Trinajstić information content (AvgIpc) is 2.44. The van der Waals surface area contributed by atoms with Crippen LogP contribution >= 0.6 is 24.0 Å². The lowest BCUT2D eigenvalue weighted by atomic mass is 10.2. The van der Waals surface area contributed by atoms with E-state index in [0.717, 1.165) is 18.5 Å². The van der Waals surface area contributed by atoms with Crippen molar-refractivity contribution < 1.29 is 13.5 Å². The van der Waals surface area contributed by atoms with Crippen molar-refractivity contribution in [1.29, 1.82) is 0 Å². The Kier molecular flexibility index (Phi) is 10.9. The number of nitrogens with zero attached hydrogens (tertiary/aromatic N) is 1. The van der Waals surface area contributed by atoms with E-state index in [2.05, 4.69) is 34.2 Å². The Morgan fingerprint density at radius 1 is 1.32 bits per heavy atom. The lowest BCUT2D eigenvalue weighted by Crippen LogP contribution is -2.41. The van der Waals surface area contributed by atoms with Crippen LogP contribution < -0.4 is 15.4 Å². The minimum Gasteiger partial charge on any atom is -0.435 e. The van der Waals surface area contributed by atoms with Gasteiger partial charge in [-0.3, -0.25) is 0 Å². The Labute approximate surface area is 147 Å². The summed E-state index contributed by atoms with van der Waals surface area (Å²) >= 11 is 0. The smallest absolute Gasteiger partial charge is 0.387 e. The molecule has 1 aromatic rings. The van der Waals surface area contributed by atoms with Gasteiger partial charge in [0, 0.05) is 12.6 Å². The van der Waals surface area contributed by atoms with Crippen molar-refractivity contribution >= 4 is 29.9 Å². The van der Waals surface area contributed by atoms with E-state index in [4.69, 9.17) is 0 Å². The summed E-state index contributed by atoms with van der Waals surface area (Å²) in [6.07, 6.45) is 0.988. The molecule has 1 aromatic carbocycles. The van der Waals surface area contributed by atoms with Gasteiger partial charge in [0.25, 0.3) is 0 Å². The summed E-state index contributed by atoms with van der Waals surface area (Å²) in [5, 5.41) is 6.42. The second-order valence-corrected chi connectivity index (χ2v) is 4.67. The molecule has 1 rings (SSSR count). The van der Waals surface area contributed by atoms with E-state index in [0.29, 0.717) is 18.5 Å². The van der Waals surface area contributed by atoms with E-state index in [1.54, 1.807) is 12.1 Å². The first kappa shape index (κ1) is 20.9. The third-order valence-corrected chi connectivity index (χ3v) is 2.88. The minimum atomic E-state index is -2.81. The van der Waals surface area contributed by atoms with E-state index < -0.39 is 6.61 Å². The second-order valence-electron chi connectivity index (χ2n) is 4.67. The van der Waals surface area contributed by atoms with E-state index in [1.807, 2.05) is 13.0 Å². The molecule has 126 valence electrons. The van der Waals surface area contributed by atoms with Gasteiger partial charge in [-0.2, -0.15) is 8.78 Å². The largest absolute Gasteiger partial charge is 0.435 e. The van der Waals surface area contributed by atoms with E-state index in [-0.39, 0.29) is 29.7 Å². The molecule has 22 heavy (non-hydrogen) atoms. The lowest BCUT2D eigenvalue weighted by Gasteiger charge is -2.16. The van der Waals surface area contributed by atoms with Crippen molar-refractivity contribution in [3.05, 3.63) is 29.8 Å². The molecule has 0 saturated heterocycles. The highest BCUT2D eigenvalue weighted by Gasteiger charge is 2.05. The summed E-state index contributed by atoms with van der Waals surface area (Å²) in [6.45, 7) is 4.50. The van der Waals surface area contributed by atoms with Gasteiger partial charge in [0.15, 0.2) is 5.96 Å². The number of hydrogen-bond donors (Lipinski definition) is 2. The van der Waals surface area contributed by atoms with Gasteiger partial charge >= 0.3 is 6.61 Å². The number of ether oxygens (including phenoxy) is 1. The van der Waals surface area contributed by atoms with Crippen molar-refractivity contribution in [2.45, 2.75) is 46.4 Å². The number of nitrogens with one attached hydrogen (secondary N) is 2. The summed E-state index contributed by atoms with van der Waals surface area (Å²) in [5.41, 5.74) is 0.814. The quantitative estimate of drug-likeness (QED) is 0.396. The molecule has 2 N–H and O–H groups in total. The number of halogens is 3. The fraction of sp³-hybridized carbons (Fsp3) is 0.533. The molecule has 0 spiro atoms. The van der Waals surface area contributed by atoms with Crippen molar-refractivity contribution in [1.82, 2.24) is 10.6 Å². The Morgan fingerprint density at radius 2 is 2.05 bits per heavy atom. The van der Waals surface area contributed by atoms with E-state index in [9.17, 15) is 8.78 Å². The first-order valence-electron chi connectivity index (χ1n) is 7.13. The van der Waals surface area contributed by atoms with Crippen LogP contribution in [0.5, 0.6) is 5.75 Å². The van der Waals surface area contributed by atoms with Crippen molar-refractivity contribution in [3.63, 3.8) is 0 Å². The van der Waals surface area contributed by atoms with Gasteiger partial charge in [0.05, 0.1) is 6.54 Å². The molecular weight excluding hydrogens is 403 g/mol. The molecular formula is C15H24F2IN3O. The minimum absolute atomic E-state index is 0. The van der Waals surface area contributed by atoms with Gasteiger partial charge in [-0.05, 0) is 38.0 Å². The monoisotopic (exact) mass is 427 g/mol. The maximum atomic E-state index is 12.2. The molecule has 0 aromatic heterocycles. The predicted molar refractivity (Wildman–Crippen MR) is 96.2 cm³/mol. The van der Waals surface area contributed by atoms with Crippen LogP contribution in [0.25, 0.3) is 0 Å². The third-order valence-electron chi connectivity index (χ3n) is 2.88. The number of alkyl halides is 2. The van der Waals surface area contributed by atoms with Gasteiger partial charge in [0.2, 0.25) is 0 Å². The third kappa shape index (κ3) is 8.35. The molecule has 0 radical (unpaired) electrons. The molecule has 0 aliphatic carbocycles. The normalized spacial score (nSPS) is 12.5. The van der Waals surface area contributed by atoms with E-state index in [1.165, 1.54) is 6.07 Å². The van der Waals surface area contributed by atoms with Crippen LogP contribution in [0.3, 0.4) is 0 Å². The van der Waals surface area contributed by atoms with Crippen LogP contribution in [0.1, 0.15) is 32.8 Å². The molecule has 0 heterocycles. The molecule has 1 atom stereocenters. The highest BCUT2D eigenvalue weighted by molar-refractivity contribution is 14.0. The molecule has 1 unspecified atom stereocenters. The van der Waals surface area contributed by atoms with Crippen molar-refractivity contribution in [2.75, 3.05) is 6.54 Å². The van der Waals surface area contributed by atoms with Crippen LogP contribution in [-0.2, 0) is 6.54 Å². The molecule has 0 aliphatic rings. The molecule has 0 fully saturated rings. The average molecular weight is 427 g/mol. The predicted octanol–water partition coefficient (Wildman–Crippen LogP) is 3.76. The Morgan fingerprint density at radius 3 is 2.64 bits per heavy atom. The van der Waals surface area contributed by atoms with Crippen LogP contribution in [-0.4, -0.2) is 25.2 Å². The fourth-order valence-electron chi connectivity index (χ4n) is 1.65. The van der Waals surface area contributed by atoms with Crippen LogP contribution in [0.2, 0.25) is 0 Å². The summed E-state index contributed by atoms with van der Waals surface area (Å²) in [6, 6.07) is 6.90. The number of aliphatic imine (C=N–C) groups is 1.